The molecule has 0 aliphatic carbocycles. The van der Waals surface area contributed by atoms with Crippen LogP contribution in [0.2, 0.25) is 0 Å². The second-order valence-corrected chi connectivity index (χ2v) is 5.75. The van der Waals surface area contributed by atoms with Crippen LogP contribution >= 0.6 is 0 Å². The fourth-order valence-corrected chi connectivity index (χ4v) is 3.03. The number of H-pyrrole nitrogens is 1. The highest BCUT2D eigenvalue weighted by Crippen LogP contribution is 2.28. The summed E-state index contributed by atoms with van der Waals surface area (Å²) in [6, 6.07) is 2.27. The van der Waals surface area contributed by atoms with Crippen molar-refractivity contribution in [2.24, 2.45) is 0 Å². The first-order valence-corrected chi connectivity index (χ1v) is 7.49. The Kier molecular flexibility index (Phi) is 3.16. The van der Waals surface area contributed by atoms with Crippen molar-refractivity contribution in [2.45, 2.75) is 19.9 Å². The number of hydrogen-bond donors (Lipinski definition) is 1. The number of aromatic amines is 1. The summed E-state index contributed by atoms with van der Waals surface area (Å²) in [4.78, 5) is 29.0. The minimum atomic E-state index is -0.612. The maximum absolute atomic E-state index is 13.8. The van der Waals surface area contributed by atoms with E-state index in [0.29, 0.717) is 18.8 Å². The van der Waals surface area contributed by atoms with E-state index in [1.165, 1.54) is 11.5 Å². The summed E-state index contributed by atoms with van der Waals surface area (Å²) in [6.07, 6.45) is 5.95. The van der Waals surface area contributed by atoms with Crippen LogP contribution in [0.3, 0.4) is 0 Å². The number of nitrogens with one attached hydrogen (secondary N) is 1. The van der Waals surface area contributed by atoms with Crippen molar-refractivity contribution >= 4 is 28.3 Å². The number of ketones is 1. The number of rotatable bonds is 2. The van der Waals surface area contributed by atoms with E-state index in [1.54, 1.807) is 12.4 Å². The van der Waals surface area contributed by atoms with Crippen molar-refractivity contribution in [3.05, 3.63) is 57.6 Å². The second kappa shape index (κ2) is 5.23. The van der Waals surface area contributed by atoms with Gasteiger partial charge in [-0.1, -0.05) is 0 Å². The van der Waals surface area contributed by atoms with Gasteiger partial charge in [0.05, 0.1) is 17.1 Å². The molecule has 0 spiro atoms. The lowest BCUT2D eigenvalue weighted by Gasteiger charge is -2.08. The summed E-state index contributed by atoms with van der Waals surface area (Å²) in [7, 11) is 0. The number of hydrogen-bond acceptors (Lipinski definition) is 4. The van der Waals surface area contributed by atoms with E-state index in [4.69, 9.17) is 0 Å². The molecule has 3 aromatic rings. The molecular formula is C17H13FN4O2. The monoisotopic (exact) mass is 324 g/mol. The molecule has 24 heavy (non-hydrogen) atoms. The summed E-state index contributed by atoms with van der Waals surface area (Å²) in [6.45, 7) is 1.82. The standard InChI is InChI=1S/C17H13FN4O2/c1-9(23)13-5-12(18)6-14-15(13)21-16-11(2-3-22(16)17(14)24)4-10-7-19-20-8-10/h4-8H,2-3H2,1H3,(H,19,20). The Hall–Kier alpha value is -3.09. The Morgan fingerprint density at radius 1 is 1.42 bits per heavy atom. The van der Waals surface area contributed by atoms with Gasteiger partial charge in [0.2, 0.25) is 0 Å². The molecule has 3 heterocycles. The molecule has 0 bridgehead atoms. The van der Waals surface area contributed by atoms with Gasteiger partial charge >= 0.3 is 0 Å². The molecule has 1 aliphatic heterocycles. The normalized spacial score (nSPS) is 15.2. The SMILES string of the molecule is CC(=O)c1cc(F)cc2c(=O)n3c(nc12)C(=Cc1cn[nH]c1)CC3. The van der Waals surface area contributed by atoms with E-state index in [-0.39, 0.29) is 27.8 Å². The van der Waals surface area contributed by atoms with Crippen LogP contribution in [0.15, 0.2) is 29.3 Å². The zero-order chi connectivity index (χ0) is 16.8. The fourth-order valence-electron chi connectivity index (χ4n) is 3.03. The van der Waals surface area contributed by atoms with Gasteiger partial charge in [-0.15, -0.1) is 0 Å². The van der Waals surface area contributed by atoms with E-state index in [9.17, 15) is 14.0 Å². The minimum absolute atomic E-state index is 0.125. The number of benzene rings is 1. The van der Waals surface area contributed by atoms with E-state index in [2.05, 4.69) is 15.2 Å². The van der Waals surface area contributed by atoms with Crippen LogP contribution in [-0.4, -0.2) is 25.5 Å². The van der Waals surface area contributed by atoms with Crippen LogP contribution in [0, 0.1) is 5.82 Å². The molecule has 6 nitrogen and oxygen atoms in total. The third kappa shape index (κ3) is 2.17. The van der Waals surface area contributed by atoms with Crippen LogP contribution in [-0.2, 0) is 6.54 Å². The van der Waals surface area contributed by atoms with E-state index in [0.717, 1.165) is 23.3 Å². The predicted molar refractivity (Wildman–Crippen MR) is 87.0 cm³/mol. The van der Waals surface area contributed by atoms with Crippen molar-refractivity contribution in [1.29, 1.82) is 0 Å². The van der Waals surface area contributed by atoms with E-state index < -0.39 is 5.82 Å². The number of carbonyl (C=O) groups excluding carboxylic acids is 1. The molecule has 0 fully saturated rings. The molecule has 4 rings (SSSR count). The molecule has 1 aromatic carbocycles. The maximum Gasteiger partial charge on any atom is 0.261 e. The number of allylic oxidation sites excluding steroid dienone is 1. The predicted octanol–water partition coefficient (Wildman–Crippen LogP) is 2.41. The highest BCUT2D eigenvalue weighted by molar-refractivity contribution is 6.05. The van der Waals surface area contributed by atoms with Crippen molar-refractivity contribution in [3.63, 3.8) is 0 Å². The number of Topliss-reactive ketones (excluding diaryl/α,β-unsaturated/α-hetero) is 1. The van der Waals surface area contributed by atoms with Crippen LogP contribution in [0.1, 0.15) is 35.1 Å². The largest absolute Gasteiger partial charge is 0.294 e. The number of halogens is 1. The van der Waals surface area contributed by atoms with Crippen molar-refractivity contribution < 1.29 is 9.18 Å². The summed E-state index contributed by atoms with van der Waals surface area (Å²) in [5, 5.41) is 6.75. The van der Waals surface area contributed by atoms with Gasteiger partial charge in [-0.2, -0.15) is 5.10 Å². The lowest BCUT2D eigenvalue weighted by atomic mass is 10.1. The highest BCUT2D eigenvalue weighted by atomic mass is 19.1. The molecule has 0 atom stereocenters. The van der Waals surface area contributed by atoms with Crippen LogP contribution < -0.4 is 5.56 Å². The van der Waals surface area contributed by atoms with Gasteiger partial charge in [0.15, 0.2) is 5.78 Å². The molecule has 120 valence electrons. The Morgan fingerprint density at radius 3 is 2.96 bits per heavy atom. The Balaban J connectivity index is 2.02. The van der Waals surface area contributed by atoms with Gasteiger partial charge in [-0.05, 0) is 37.1 Å². The number of carbonyl (C=O) groups is 1. The van der Waals surface area contributed by atoms with Crippen molar-refractivity contribution in [1.82, 2.24) is 19.7 Å². The van der Waals surface area contributed by atoms with Gasteiger partial charge in [-0.25, -0.2) is 9.37 Å². The van der Waals surface area contributed by atoms with Gasteiger partial charge in [0, 0.05) is 23.9 Å². The molecule has 0 unspecified atom stereocenters. The first-order valence-electron chi connectivity index (χ1n) is 7.49. The summed E-state index contributed by atoms with van der Waals surface area (Å²) < 4.78 is 15.3. The van der Waals surface area contributed by atoms with Crippen LogP contribution in [0.25, 0.3) is 22.6 Å². The quantitative estimate of drug-likeness (QED) is 0.734. The number of fused-ring (bicyclic) bond motifs is 2. The van der Waals surface area contributed by atoms with Gasteiger partial charge < -0.3 is 0 Å². The average molecular weight is 324 g/mol. The third-order valence-corrected chi connectivity index (χ3v) is 4.16. The molecule has 1 N–H and O–H groups in total. The molecule has 2 aromatic heterocycles. The van der Waals surface area contributed by atoms with Crippen molar-refractivity contribution in [2.75, 3.05) is 0 Å². The third-order valence-electron chi connectivity index (χ3n) is 4.16. The second-order valence-electron chi connectivity index (χ2n) is 5.75. The van der Waals surface area contributed by atoms with E-state index >= 15 is 0 Å². The molecule has 7 heteroatoms. The molecule has 0 radical (unpaired) electrons. The zero-order valence-corrected chi connectivity index (χ0v) is 12.8. The van der Waals surface area contributed by atoms with Gasteiger partial charge in [0.25, 0.3) is 5.56 Å². The Bertz CT molecular complexity index is 1060. The highest BCUT2D eigenvalue weighted by Gasteiger charge is 2.23. The van der Waals surface area contributed by atoms with Gasteiger partial charge in [-0.3, -0.25) is 19.3 Å². The number of aromatic nitrogens is 4. The summed E-state index contributed by atoms with van der Waals surface area (Å²) in [5.74, 6) is -0.420. The Labute approximate surface area is 135 Å². The Morgan fingerprint density at radius 2 is 2.25 bits per heavy atom. The zero-order valence-electron chi connectivity index (χ0n) is 12.8. The van der Waals surface area contributed by atoms with Crippen LogP contribution in [0.5, 0.6) is 0 Å². The first-order chi connectivity index (χ1) is 11.5. The lowest BCUT2D eigenvalue weighted by Crippen LogP contribution is -2.21. The maximum atomic E-state index is 13.8. The summed E-state index contributed by atoms with van der Waals surface area (Å²) in [5.41, 5.74) is 1.81. The molecule has 1 aliphatic rings. The molecule has 0 saturated heterocycles. The van der Waals surface area contributed by atoms with E-state index in [1.807, 2.05) is 6.08 Å². The minimum Gasteiger partial charge on any atom is -0.294 e. The molecule has 0 amide bonds. The van der Waals surface area contributed by atoms with Crippen molar-refractivity contribution in [3.8, 4) is 0 Å². The molecular weight excluding hydrogens is 311 g/mol. The summed E-state index contributed by atoms with van der Waals surface area (Å²) >= 11 is 0. The smallest absolute Gasteiger partial charge is 0.261 e. The fraction of sp³-hybridized carbons (Fsp3) is 0.176. The number of nitrogens with zero attached hydrogens (tertiary/aromatic N) is 3. The lowest BCUT2D eigenvalue weighted by molar-refractivity contribution is 0.101. The van der Waals surface area contributed by atoms with Crippen LogP contribution in [0.4, 0.5) is 4.39 Å². The first kappa shape index (κ1) is 14.5. The molecule has 0 saturated carbocycles. The topological polar surface area (TPSA) is 80.6 Å². The average Bonchev–Trinajstić information content (AvgIpc) is 3.18. The van der Waals surface area contributed by atoms with Gasteiger partial charge in [0.1, 0.15) is 11.6 Å².